The maximum absolute atomic E-state index is 14.3. The highest BCUT2D eigenvalue weighted by atomic mass is 19.1. The Balaban J connectivity index is 1.49. The fourth-order valence-electron chi connectivity index (χ4n) is 3.68. The molecule has 6 heteroatoms. The number of piperazine rings is 1. The number of aryl methyl sites for hydroxylation is 1. The van der Waals surface area contributed by atoms with Crippen molar-refractivity contribution in [3.63, 3.8) is 0 Å². The van der Waals surface area contributed by atoms with Crippen LogP contribution in [0.1, 0.15) is 28.9 Å². The minimum atomic E-state index is -0.428. The summed E-state index contributed by atoms with van der Waals surface area (Å²) < 4.78 is 19.9. The normalized spacial score (nSPS) is 14.1. The lowest BCUT2D eigenvalue weighted by Gasteiger charge is -2.35. The first-order valence-corrected chi connectivity index (χ1v) is 9.96. The summed E-state index contributed by atoms with van der Waals surface area (Å²) in [5, 5.41) is 0. The van der Waals surface area contributed by atoms with Gasteiger partial charge in [0.25, 0.3) is 5.91 Å². The molecule has 1 saturated heterocycles. The van der Waals surface area contributed by atoms with E-state index in [1.165, 1.54) is 6.07 Å². The average molecular weight is 405 g/mol. The maximum atomic E-state index is 14.3. The number of carbonyl (C=O) groups excluding carboxylic acids is 1. The number of rotatable bonds is 4. The van der Waals surface area contributed by atoms with Crippen LogP contribution in [0.25, 0.3) is 16.8 Å². The molecule has 1 fully saturated rings. The van der Waals surface area contributed by atoms with E-state index < -0.39 is 5.82 Å². The summed E-state index contributed by atoms with van der Waals surface area (Å²) in [7, 11) is 0. The van der Waals surface area contributed by atoms with Gasteiger partial charge in [-0.2, -0.15) is 0 Å². The molecule has 0 bridgehead atoms. The molecule has 0 radical (unpaired) electrons. The Morgan fingerprint density at radius 3 is 2.37 bits per heavy atom. The van der Waals surface area contributed by atoms with Crippen molar-refractivity contribution in [2.75, 3.05) is 31.1 Å². The number of nitrogens with zero attached hydrogens (tertiary/aromatic N) is 3. The molecule has 1 aromatic heterocycles. The highest BCUT2D eigenvalue weighted by Crippen LogP contribution is 2.28. The third kappa shape index (κ3) is 3.85. The van der Waals surface area contributed by atoms with Gasteiger partial charge in [0.2, 0.25) is 5.76 Å². The zero-order valence-corrected chi connectivity index (χ0v) is 17.2. The molecule has 2 heterocycles. The van der Waals surface area contributed by atoms with Crippen molar-refractivity contribution in [1.29, 1.82) is 0 Å². The van der Waals surface area contributed by atoms with Crippen molar-refractivity contribution in [2.24, 2.45) is 0 Å². The van der Waals surface area contributed by atoms with Gasteiger partial charge >= 0.3 is 0 Å². The highest BCUT2D eigenvalue weighted by Gasteiger charge is 2.29. The second kappa shape index (κ2) is 8.14. The Morgan fingerprint density at radius 1 is 1.07 bits per heavy atom. The first kappa shape index (κ1) is 19.9. The summed E-state index contributed by atoms with van der Waals surface area (Å²) in [6.07, 6.45) is 0. The molecule has 30 heavy (non-hydrogen) atoms. The van der Waals surface area contributed by atoms with E-state index in [2.05, 4.69) is 40.7 Å². The lowest BCUT2D eigenvalue weighted by molar-refractivity contribution is 0.0714. The molecule has 0 atom stereocenters. The largest absolute Gasteiger partial charge is 0.435 e. The smallest absolute Gasteiger partial charge is 0.292 e. The Labute approximate surface area is 175 Å². The number of carbonyl (C=O) groups is 1. The zero-order valence-electron chi connectivity index (χ0n) is 17.2. The van der Waals surface area contributed by atoms with E-state index in [1.54, 1.807) is 30.0 Å². The SMILES string of the molecule is C=C(C)c1ccc(N2CCN(C(=O)c3oc(C)nc3-c3ccccc3F)CC2)cc1. The molecule has 5 nitrogen and oxygen atoms in total. The Bertz CT molecular complexity index is 1080. The lowest BCUT2D eigenvalue weighted by Crippen LogP contribution is -2.48. The first-order chi connectivity index (χ1) is 14.4. The molecule has 154 valence electrons. The number of benzene rings is 2. The Morgan fingerprint density at radius 2 is 1.73 bits per heavy atom. The molecule has 4 rings (SSSR count). The van der Waals surface area contributed by atoms with Crippen molar-refractivity contribution in [2.45, 2.75) is 13.8 Å². The van der Waals surface area contributed by atoms with Gasteiger partial charge in [0.1, 0.15) is 11.5 Å². The standard InChI is InChI=1S/C24H24FN3O2/c1-16(2)18-8-10-19(11-9-18)27-12-14-28(15-13-27)24(29)23-22(26-17(3)30-23)20-6-4-5-7-21(20)25/h4-11H,1,12-15H2,2-3H3. The van der Waals surface area contributed by atoms with Crippen LogP contribution in [-0.4, -0.2) is 42.0 Å². The summed E-state index contributed by atoms with van der Waals surface area (Å²) in [6, 6.07) is 14.6. The maximum Gasteiger partial charge on any atom is 0.292 e. The molecule has 2 aromatic carbocycles. The monoisotopic (exact) mass is 405 g/mol. The average Bonchev–Trinajstić information content (AvgIpc) is 3.15. The molecule has 1 aliphatic heterocycles. The van der Waals surface area contributed by atoms with E-state index in [4.69, 9.17) is 4.42 Å². The molecule has 1 amide bonds. The lowest BCUT2D eigenvalue weighted by atomic mass is 10.1. The zero-order chi connectivity index (χ0) is 21.3. The minimum absolute atomic E-state index is 0.0943. The number of anilines is 1. The van der Waals surface area contributed by atoms with Crippen molar-refractivity contribution >= 4 is 17.2 Å². The fourth-order valence-corrected chi connectivity index (χ4v) is 3.68. The number of oxazole rings is 1. The van der Waals surface area contributed by atoms with Crippen LogP contribution in [0.5, 0.6) is 0 Å². The third-order valence-electron chi connectivity index (χ3n) is 5.35. The summed E-state index contributed by atoms with van der Waals surface area (Å²) in [5.74, 6) is -0.251. The molecule has 0 aliphatic carbocycles. The summed E-state index contributed by atoms with van der Waals surface area (Å²) in [4.78, 5) is 21.4. The molecule has 0 N–H and O–H groups in total. The van der Waals surface area contributed by atoms with Crippen LogP contribution >= 0.6 is 0 Å². The molecule has 0 unspecified atom stereocenters. The van der Waals surface area contributed by atoms with Crippen molar-refractivity contribution in [3.8, 4) is 11.3 Å². The van der Waals surface area contributed by atoms with Crippen LogP contribution in [0.3, 0.4) is 0 Å². The molecular weight excluding hydrogens is 381 g/mol. The van der Waals surface area contributed by atoms with E-state index in [9.17, 15) is 9.18 Å². The highest BCUT2D eigenvalue weighted by molar-refractivity contribution is 5.97. The van der Waals surface area contributed by atoms with Crippen LogP contribution in [-0.2, 0) is 0 Å². The first-order valence-electron chi connectivity index (χ1n) is 9.96. The van der Waals surface area contributed by atoms with E-state index in [-0.39, 0.29) is 22.9 Å². The van der Waals surface area contributed by atoms with Gasteiger partial charge in [0, 0.05) is 44.4 Å². The van der Waals surface area contributed by atoms with Gasteiger partial charge in [-0.15, -0.1) is 0 Å². The van der Waals surface area contributed by atoms with Crippen LogP contribution < -0.4 is 4.90 Å². The molecule has 0 spiro atoms. The van der Waals surface area contributed by atoms with E-state index in [0.29, 0.717) is 32.1 Å². The molecule has 3 aromatic rings. The molecular formula is C24H24FN3O2. The number of allylic oxidation sites excluding steroid dienone is 1. The van der Waals surface area contributed by atoms with Crippen molar-refractivity contribution in [3.05, 3.63) is 78.1 Å². The Hall–Kier alpha value is -3.41. The van der Waals surface area contributed by atoms with Crippen molar-refractivity contribution < 1.29 is 13.6 Å². The van der Waals surface area contributed by atoms with E-state index in [1.807, 2.05) is 6.92 Å². The number of halogens is 1. The fraction of sp³-hybridized carbons (Fsp3) is 0.250. The quantitative estimate of drug-likeness (QED) is 0.627. The number of hydrogen-bond acceptors (Lipinski definition) is 4. The van der Waals surface area contributed by atoms with Crippen LogP contribution in [0, 0.1) is 12.7 Å². The van der Waals surface area contributed by atoms with Gasteiger partial charge in [0.05, 0.1) is 0 Å². The van der Waals surface area contributed by atoms with Gasteiger partial charge < -0.3 is 14.2 Å². The van der Waals surface area contributed by atoms with E-state index in [0.717, 1.165) is 16.8 Å². The number of aromatic nitrogens is 1. The predicted octanol–water partition coefficient (Wildman–Crippen LogP) is 4.78. The van der Waals surface area contributed by atoms with Gasteiger partial charge in [-0.3, -0.25) is 4.79 Å². The van der Waals surface area contributed by atoms with Gasteiger partial charge in [-0.05, 0) is 36.8 Å². The summed E-state index contributed by atoms with van der Waals surface area (Å²) >= 11 is 0. The topological polar surface area (TPSA) is 49.6 Å². The van der Waals surface area contributed by atoms with Gasteiger partial charge in [-0.1, -0.05) is 36.4 Å². The van der Waals surface area contributed by atoms with Crippen molar-refractivity contribution in [1.82, 2.24) is 9.88 Å². The van der Waals surface area contributed by atoms with Crippen LogP contribution in [0.4, 0.5) is 10.1 Å². The predicted molar refractivity (Wildman–Crippen MR) is 116 cm³/mol. The van der Waals surface area contributed by atoms with Crippen LogP contribution in [0.15, 0.2) is 59.5 Å². The summed E-state index contributed by atoms with van der Waals surface area (Å²) in [6.45, 7) is 10.1. The molecule has 0 saturated carbocycles. The molecule has 1 aliphatic rings. The second-order valence-corrected chi connectivity index (χ2v) is 7.50. The van der Waals surface area contributed by atoms with Gasteiger partial charge in [0.15, 0.2) is 5.89 Å². The van der Waals surface area contributed by atoms with Gasteiger partial charge in [-0.25, -0.2) is 9.37 Å². The minimum Gasteiger partial charge on any atom is -0.435 e. The number of hydrogen-bond donors (Lipinski definition) is 0. The second-order valence-electron chi connectivity index (χ2n) is 7.50. The summed E-state index contributed by atoms with van der Waals surface area (Å²) in [5.41, 5.74) is 3.80. The number of amides is 1. The Kier molecular flexibility index (Phi) is 5.40. The van der Waals surface area contributed by atoms with E-state index >= 15 is 0 Å². The van der Waals surface area contributed by atoms with Crippen LogP contribution in [0.2, 0.25) is 0 Å². The third-order valence-corrected chi connectivity index (χ3v) is 5.35.